The summed E-state index contributed by atoms with van der Waals surface area (Å²) in [5.41, 5.74) is -1.93. The van der Waals surface area contributed by atoms with Gasteiger partial charge in [0.25, 0.3) is 6.43 Å². The summed E-state index contributed by atoms with van der Waals surface area (Å²) >= 11 is 12.5. The molecule has 0 amide bonds. The lowest BCUT2D eigenvalue weighted by atomic mass is 9.87. The van der Waals surface area contributed by atoms with Crippen LogP contribution < -0.4 is 0 Å². The van der Waals surface area contributed by atoms with Crippen molar-refractivity contribution >= 4 is 57.3 Å². The fourth-order valence-corrected chi connectivity index (χ4v) is 4.41. The van der Waals surface area contributed by atoms with Crippen LogP contribution in [0.2, 0.25) is 5.02 Å². The Morgan fingerprint density at radius 3 is 2.44 bits per heavy atom. The first kappa shape index (κ1) is 19.4. The van der Waals surface area contributed by atoms with Crippen molar-refractivity contribution in [2.45, 2.75) is 13.3 Å². The van der Waals surface area contributed by atoms with E-state index in [2.05, 4.69) is 4.98 Å². The Kier molecular flexibility index (Phi) is 5.02. The summed E-state index contributed by atoms with van der Waals surface area (Å²) in [5, 5.41) is 19.2. The number of H-pyrrole nitrogens is 1. The number of nitrogens with one attached hydrogen (secondary N) is 1. The van der Waals surface area contributed by atoms with Crippen LogP contribution >= 0.6 is 35.2 Å². The summed E-state index contributed by atoms with van der Waals surface area (Å²) in [5.74, 6) is -3.12. The number of rotatable bonds is 4. The highest BCUT2D eigenvalue weighted by Gasteiger charge is 2.30. The molecule has 0 saturated heterocycles. The molecule has 27 heavy (non-hydrogen) atoms. The molecule has 0 unspecified atom stereocenters. The fraction of sp³-hybridized carbons (Fsp3) is 0.118. The maximum Gasteiger partial charge on any atom is 0.336 e. The standard InChI is InChI=1S/C17H10ClF2NO4S2/c1-5-2-7(15(22)23)12(13(16(24)25)11(5)14(19)20)6-3-9-10(4-8(6)18)27-17(26)21-9/h2-4,14H,1H3,(H,21,26)(H,22,23)(H,24,25). The molecule has 3 rings (SSSR count). The predicted octanol–water partition coefficient (Wildman–Crippen LogP) is 5.92. The van der Waals surface area contributed by atoms with Gasteiger partial charge in [0.1, 0.15) is 0 Å². The van der Waals surface area contributed by atoms with Crippen molar-refractivity contribution in [3.63, 3.8) is 0 Å². The predicted molar refractivity (Wildman–Crippen MR) is 101 cm³/mol. The van der Waals surface area contributed by atoms with E-state index >= 15 is 0 Å². The van der Waals surface area contributed by atoms with Gasteiger partial charge in [-0.3, -0.25) is 0 Å². The van der Waals surface area contributed by atoms with E-state index in [1.165, 1.54) is 30.4 Å². The Morgan fingerprint density at radius 1 is 1.22 bits per heavy atom. The van der Waals surface area contributed by atoms with Gasteiger partial charge in [-0.25, -0.2) is 18.4 Å². The SMILES string of the molecule is Cc1cc(C(=O)O)c(-c2cc3[nH]c(=S)sc3cc2Cl)c(C(=O)O)c1C(F)F. The minimum Gasteiger partial charge on any atom is -0.478 e. The molecule has 0 aliphatic heterocycles. The molecular weight excluding hydrogens is 420 g/mol. The second-order valence-corrected chi connectivity index (χ2v) is 7.78. The zero-order valence-electron chi connectivity index (χ0n) is 13.5. The smallest absolute Gasteiger partial charge is 0.336 e. The number of carbonyl (C=O) groups is 2. The Hall–Kier alpha value is -2.36. The molecule has 140 valence electrons. The molecule has 0 radical (unpaired) electrons. The van der Waals surface area contributed by atoms with Crippen molar-refractivity contribution in [2.24, 2.45) is 0 Å². The number of benzene rings is 2. The van der Waals surface area contributed by atoms with Gasteiger partial charge in [0.15, 0.2) is 3.95 Å². The molecule has 0 saturated carbocycles. The number of alkyl halides is 2. The third-order valence-electron chi connectivity index (χ3n) is 4.01. The van der Waals surface area contributed by atoms with Gasteiger partial charge in [-0.05, 0) is 42.9 Å². The minimum atomic E-state index is -3.10. The first-order valence-electron chi connectivity index (χ1n) is 7.36. The van der Waals surface area contributed by atoms with Crippen LogP contribution in [0, 0.1) is 10.9 Å². The summed E-state index contributed by atoms with van der Waals surface area (Å²) in [6.07, 6.45) is -3.10. The quantitative estimate of drug-likeness (QED) is 0.448. The third-order valence-corrected chi connectivity index (χ3v) is 5.52. The van der Waals surface area contributed by atoms with Gasteiger partial charge in [0.2, 0.25) is 0 Å². The van der Waals surface area contributed by atoms with E-state index < -0.39 is 35.1 Å². The van der Waals surface area contributed by atoms with Crippen LogP contribution in [-0.4, -0.2) is 27.1 Å². The molecule has 2 aromatic carbocycles. The van der Waals surface area contributed by atoms with Crippen LogP contribution in [0.15, 0.2) is 18.2 Å². The molecule has 0 atom stereocenters. The molecule has 0 aliphatic rings. The highest BCUT2D eigenvalue weighted by molar-refractivity contribution is 7.73. The van der Waals surface area contributed by atoms with Crippen molar-refractivity contribution in [1.29, 1.82) is 0 Å². The van der Waals surface area contributed by atoms with Crippen molar-refractivity contribution in [3.05, 3.63) is 49.4 Å². The number of aromatic nitrogens is 1. The lowest BCUT2D eigenvalue weighted by Gasteiger charge is -2.18. The number of hydrogen-bond donors (Lipinski definition) is 3. The van der Waals surface area contributed by atoms with Crippen LogP contribution in [0.4, 0.5) is 8.78 Å². The lowest BCUT2D eigenvalue weighted by Crippen LogP contribution is -2.13. The monoisotopic (exact) mass is 429 g/mol. The van der Waals surface area contributed by atoms with E-state index in [0.29, 0.717) is 14.2 Å². The molecule has 5 nitrogen and oxygen atoms in total. The molecule has 10 heteroatoms. The summed E-state index contributed by atoms with van der Waals surface area (Å²) < 4.78 is 28.3. The number of hydrogen-bond acceptors (Lipinski definition) is 4. The first-order valence-corrected chi connectivity index (χ1v) is 8.97. The van der Waals surface area contributed by atoms with E-state index in [-0.39, 0.29) is 21.7 Å². The van der Waals surface area contributed by atoms with Crippen LogP contribution in [0.25, 0.3) is 21.3 Å². The maximum atomic E-state index is 13.6. The summed E-state index contributed by atoms with van der Waals surface area (Å²) in [4.78, 5) is 26.4. The average molecular weight is 430 g/mol. The Labute approximate surface area is 164 Å². The van der Waals surface area contributed by atoms with Crippen molar-refractivity contribution < 1.29 is 28.6 Å². The van der Waals surface area contributed by atoms with Crippen LogP contribution in [0.1, 0.15) is 38.3 Å². The Morgan fingerprint density at radius 2 is 1.89 bits per heavy atom. The second-order valence-electron chi connectivity index (χ2n) is 5.66. The van der Waals surface area contributed by atoms with E-state index in [1.807, 2.05) is 0 Å². The van der Waals surface area contributed by atoms with E-state index in [0.717, 1.165) is 6.07 Å². The molecule has 0 aliphatic carbocycles. The molecule has 0 fully saturated rings. The van der Waals surface area contributed by atoms with Gasteiger partial charge in [-0.15, -0.1) is 11.3 Å². The minimum absolute atomic E-state index is 0.0184. The zero-order chi connectivity index (χ0) is 20.0. The largest absolute Gasteiger partial charge is 0.478 e. The summed E-state index contributed by atoms with van der Waals surface area (Å²) in [6.45, 7) is 1.24. The molecule has 0 spiro atoms. The summed E-state index contributed by atoms with van der Waals surface area (Å²) in [7, 11) is 0. The zero-order valence-corrected chi connectivity index (χ0v) is 15.9. The molecule has 1 heterocycles. The first-order chi connectivity index (χ1) is 12.6. The Bertz CT molecular complexity index is 1170. The highest BCUT2D eigenvalue weighted by Crippen LogP contribution is 2.41. The van der Waals surface area contributed by atoms with Crippen molar-refractivity contribution in [3.8, 4) is 11.1 Å². The number of aryl methyl sites for hydroxylation is 1. The molecular formula is C17H10ClF2NO4S2. The van der Waals surface area contributed by atoms with Gasteiger partial charge in [-0.1, -0.05) is 11.6 Å². The fourth-order valence-electron chi connectivity index (χ4n) is 2.95. The number of aromatic carboxylic acids is 2. The van der Waals surface area contributed by atoms with E-state index in [9.17, 15) is 28.6 Å². The number of aromatic amines is 1. The highest BCUT2D eigenvalue weighted by atomic mass is 35.5. The van der Waals surface area contributed by atoms with Gasteiger partial charge in [-0.2, -0.15) is 0 Å². The van der Waals surface area contributed by atoms with Crippen LogP contribution in [0.3, 0.4) is 0 Å². The maximum absolute atomic E-state index is 13.6. The van der Waals surface area contributed by atoms with Gasteiger partial charge in [0, 0.05) is 16.7 Å². The van der Waals surface area contributed by atoms with Crippen LogP contribution in [-0.2, 0) is 0 Å². The third kappa shape index (κ3) is 3.33. The van der Waals surface area contributed by atoms with Crippen molar-refractivity contribution in [2.75, 3.05) is 0 Å². The van der Waals surface area contributed by atoms with Crippen molar-refractivity contribution in [1.82, 2.24) is 4.98 Å². The molecule has 1 aromatic heterocycles. The van der Waals surface area contributed by atoms with E-state index in [1.54, 1.807) is 0 Å². The second kappa shape index (κ2) is 6.99. The number of carboxylic acid groups (broad SMARTS) is 2. The Balaban J connectivity index is 2.52. The number of thiazole rings is 1. The lowest BCUT2D eigenvalue weighted by molar-refractivity contribution is 0.0685. The normalized spacial score (nSPS) is 11.3. The van der Waals surface area contributed by atoms with Gasteiger partial charge >= 0.3 is 11.9 Å². The average Bonchev–Trinajstić information content (AvgIpc) is 2.91. The van der Waals surface area contributed by atoms with Gasteiger partial charge in [0.05, 0.1) is 26.4 Å². The number of fused-ring (bicyclic) bond motifs is 1. The van der Waals surface area contributed by atoms with E-state index in [4.69, 9.17) is 23.8 Å². The van der Waals surface area contributed by atoms with Gasteiger partial charge < -0.3 is 15.2 Å². The number of carboxylic acids is 2. The molecule has 3 aromatic rings. The number of halogens is 3. The van der Waals surface area contributed by atoms with Crippen LogP contribution in [0.5, 0.6) is 0 Å². The molecule has 3 N–H and O–H groups in total. The summed E-state index contributed by atoms with van der Waals surface area (Å²) in [6, 6.07) is 3.94. The molecule has 0 bridgehead atoms. The topological polar surface area (TPSA) is 90.4 Å².